The first-order valence-electron chi connectivity index (χ1n) is 4.66. The first-order valence-corrected chi connectivity index (χ1v) is 4.66. The van der Waals surface area contributed by atoms with Crippen molar-refractivity contribution in [2.24, 2.45) is 5.73 Å². The monoisotopic (exact) mass is 182 g/mol. The minimum Gasteiger partial charge on any atom is -0.322 e. The predicted molar refractivity (Wildman–Crippen MR) is 59.7 cm³/mol. The molecule has 0 aromatic carbocycles. The summed E-state index contributed by atoms with van der Waals surface area (Å²) in [6.45, 7) is 8.96. The smallest absolute Gasteiger partial charge is 0.0387 e. The van der Waals surface area contributed by atoms with Gasteiger partial charge in [-0.1, -0.05) is 18.7 Å². The van der Waals surface area contributed by atoms with Crippen molar-refractivity contribution in [1.82, 2.24) is 4.90 Å². The summed E-state index contributed by atoms with van der Waals surface area (Å²) in [4.78, 5) is 2.13. The van der Waals surface area contributed by atoms with E-state index in [4.69, 9.17) is 5.73 Å². The summed E-state index contributed by atoms with van der Waals surface area (Å²) in [7, 11) is 4.10. The van der Waals surface area contributed by atoms with Crippen LogP contribution in [0, 0.1) is 0 Å². The quantitative estimate of drug-likeness (QED) is 0.657. The van der Waals surface area contributed by atoms with Gasteiger partial charge in [-0.05, 0) is 46.5 Å². The Morgan fingerprint density at radius 2 is 2.08 bits per heavy atom. The van der Waals surface area contributed by atoms with E-state index in [2.05, 4.69) is 25.6 Å². The van der Waals surface area contributed by atoms with Gasteiger partial charge >= 0.3 is 0 Å². The molecule has 0 amide bonds. The summed E-state index contributed by atoms with van der Waals surface area (Å²) < 4.78 is 0. The highest BCUT2D eigenvalue weighted by Gasteiger charge is 2.19. The Hall–Kier alpha value is -0.600. The van der Waals surface area contributed by atoms with Crippen LogP contribution in [-0.2, 0) is 0 Å². The predicted octanol–water partition coefficient (Wildman–Crippen LogP) is 1.79. The number of allylic oxidation sites excluding steroid dienone is 1. The van der Waals surface area contributed by atoms with Gasteiger partial charge in [0, 0.05) is 5.54 Å². The fourth-order valence-corrected chi connectivity index (χ4v) is 1.01. The summed E-state index contributed by atoms with van der Waals surface area (Å²) in [6.07, 6.45) is 4.89. The lowest BCUT2D eigenvalue weighted by atomic mass is 9.90. The highest BCUT2D eigenvalue weighted by molar-refractivity contribution is 5.26. The molecule has 76 valence electrons. The van der Waals surface area contributed by atoms with Crippen molar-refractivity contribution in [3.63, 3.8) is 0 Å². The van der Waals surface area contributed by atoms with Gasteiger partial charge in [0.2, 0.25) is 0 Å². The number of nitrogens with zero attached hydrogens (tertiary/aromatic N) is 1. The molecule has 0 saturated heterocycles. The maximum Gasteiger partial charge on any atom is 0.0387 e. The van der Waals surface area contributed by atoms with E-state index in [1.54, 1.807) is 0 Å². The van der Waals surface area contributed by atoms with Crippen LogP contribution in [0.3, 0.4) is 0 Å². The van der Waals surface area contributed by atoms with Crippen molar-refractivity contribution in [2.45, 2.75) is 25.8 Å². The first-order chi connectivity index (χ1) is 5.90. The minimum absolute atomic E-state index is 0.281. The zero-order chi connectivity index (χ0) is 10.5. The van der Waals surface area contributed by atoms with Crippen molar-refractivity contribution in [1.29, 1.82) is 0 Å². The third kappa shape index (κ3) is 4.86. The van der Waals surface area contributed by atoms with Gasteiger partial charge in [-0.3, -0.25) is 0 Å². The van der Waals surface area contributed by atoms with E-state index in [-0.39, 0.29) is 5.54 Å². The molecule has 0 bridgehead atoms. The van der Waals surface area contributed by atoms with Gasteiger partial charge in [0.25, 0.3) is 0 Å². The van der Waals surface area contributed by atoms with E-state index in [0.29, 0.717) is 0 Å². The Morgan fingerprint density at radius 1 is 1.54 bits per heavy atom. The number of hydrogen-bond acceptors (Lipinski definition) is 2. The zero-order valence-electron chi connectivity index (χ0n) is 9.30. The molecule has 0 aliphatic carbocycles. The third-order valence-corrected chi connectivity index (χ3v) is 2.18. The second-order valence-electron chi connectivity index (χ2n) is 4.00. The molecule has 0 saturated carbocycles. The van der Waals surface area contributed by atoms with Crippen LogP contribution in [0.1, 0.15) is 20.3 Å². The normalized spacial score (nSPS) is 16.5. The molecule has 13 heavy (non-hydrogen) atoms. The van der Waals surface area contributed by atoms with E-state index in [1.807, 2.05) is 26.0 Å². The first kappa shape index (κ1) is 12.4. The summed E-state index contributed by atoms with van der Waals surface area (Å²) in [6, 6.07) is 0. The summed E-state index contributed by atoms with van der Waals surface area (Å²) in [5.74, 6) is 0. The molecule has 2 nitrogen and oxygen atoms in total. The third-order valence-electron chi connectivity index (χ3n) is 2.18. The highest BCUT2D eigenvalue weighted by Crippen LogP contribution is 2.17. The lowest BCUT2D eigenvalue weighted by Crippen LogP contribution is -2.40. The molecule has 0 aromatic rings. The van der Waals surface area contributed by atoms with Crippen molar-refractivity contribution in [3.05, 3.63) is 24.3 Å². The molecule has 0 rings (SSSR count). The topological polar surface area (TPSA) is 29.3 Å². The summed E-state index contributed by atoms with van der Waals surface area (Å²) >= 11 is 0. The Kier molecular flexibility index (Phi) is 4.96. The Labute approximate surface area is 82.1 Å². The summed E-state index contributed by atoms with van der Waals surface area (Å²) in [5.41, 5.74) is 6.83. The fraction of sp³-hybridized carbons (Fsp3) is 0.636. The van der Waals surface area contributed by atoms with Crippen LogP contribution in [0.4, 0.5) is 0 Å². The van der Waals surface area contributed by atoms with E-state index >= 15 is 0 Å². The molecule has 2 heteroatoms. The van der Waals surface area contributed by atoms with Gasteiger partial charge in [-0.2, -0.15) is 0 Å². The zero-order valence-corrected chi connectivity index (χ0v) is 9.30. The van der Waals surface area contributed by atoms with Crippen molar-refractivity contribution >= 4 is 0 Å². The number of rotatable bonds is 5. The second kappa shape index (κ2) is 5.20. The van der Waals surface area contributed by atoms with Crippen LogP contribution in [0.2, 0.25) is 0 Å². The average Bonchev–Trinajstić information content (AvgIpc) is 2.01. The standard InChI is InChI=1S/C11H22N2/c1-6-7-10(2)11(3,12)8-9-13(4)5/h6-7H,2,8-9,12H2,1,3-5H3/b7-6-. The number of hydrogen-bond donors (Lipinski definition) is 1. The molecule has 0 aromatic heterocycles. The van der Waals surface area contributed by atoms with Crippen LogP contribution in [0.5, 0.6) is 0 Å². The van der Waals surface area contributed by atoms with E-state index in [1.165, 1.54) is 0 Å². The molecular weight excluding hydrogens is 160 g/mol. The van der Waals surface area contributed by atoms with Gasteiger partial charge in [0.1, 0.15) is 0 Å². The number of nitrogens with two attached hydrogens (primary N) is 1. The van der Waals surface area contributed by atoms with Gasteiger partial charge in [-0.15, -0.1) is 0 Å². The minimum atomic E-state index is -0.281. The Bertz CT molecular complexity index is 190. The SMILES string of the molecule is C=C(/C=C\C)C(C)(N)CCN(C)C. The van der Waals surface area contributed by atoms with Gasteiger partial charge in [0.15, 0.2) is 0 Å². The van der Waals surface area contributed by atoms with Crippen LogP contribution in [0.15, 0.2) is 24.3 Å². The van der Waals surface area contributed by atoms with Gasteiger partial charge in [-0.25, -0.2) is 0 Å². The molecule has 0 aliphatic rings. The molecule has 0 spiro atoms. The molecule has 2 N–H and O–H groups in total. The fourth-order valence-electron chi connectivity index (χ4n) is 1.01. The van der Waals surface area contributed by atoms with E-state index < -0.39 is 0 Å². The van der Waals surface area contributed by atoms with E-state index in [0.717, 1.165) is 18.5 Å². The molecular formula is C11H22N2. The molecule has 1 unspecified atom stereocenters. The average molecular weight is 182 g/mol. The van der Waals surface area contributed by atoms with Gasteiger partial charge in [0.05, 0.1) is 0 Å². The van der Waals surface area contributed by atoms with Gasteiger partial charge < -0.3 is 10.6 Å². The molecule has 0 radical (unpaired) electrons. The van der Waals surface area contributed by atoms with Crippen LogP contribution in [0.25, 0.3) is 0 Å². The van der Waals surface area contributed by atoms with E-state index in [9.17, 15) is 0 Å². The van der Waals surface area contributed by atoms with Crippen LogP contribution < -0.4 is 5.73 Å². The Balaban J connectivity index is 4.14. The van der Waals surface area contributed by atoms with Crippen molar-refractivity contribution in [2.75, 3.05) is 20.6 Å². The van der Waals surface area contributed by atoms with Crippen molar-refractivity contribution in [3.8, 4) is 0 Å². The van der Waals surface area contributed by atoms with Crippen molar-refractivity contribution < 1.29 is 0 Å². The lowest BCUT2D eigenvalue weighted by Gasteiger charge is -2.27. The Morgan fingerprint density at radius 3 is 2.46 bits per heavy atom. The molecule has 0 fully saturated rings. The maximum atomic E-state index is 6.12. The second-order valence-corrected chi connectivity index (χ2v) is 4.00. The molecule has 0 heterocycles. The summed E-state index contributed by atoms with van der Waals surface area (Å²) in [5, 5.41) is 0. The largest absolute Gasteiger partial charge is 0.322 e. The van der Waals surface area contributed by atoms with Crippen LogP contribution in [-0.4, -0.2) is 31.1 Å². The van der Waals surface area contributed by atoms with Crippen LogP contribution >= 0.6 is 0 Å². The molecule has 0 aliphatic heterocycles. The lowest BCUT2D eigenvalue weighted by molar-refractivity contribution is 0.355. The maximum absolute atomic E-state index is 6.12. The highest BCUT2D eigenvalue weighted by atomic mass is 15.1. The molecule has 1 atom stereocenters.